The van der Waals surface area contributed by atoms with E-state index in [-0.39, 0.29) is 16.3 Å². The smallest absolute Gasteiger partial charge is 0.263 e. The van der Waals surface area contributed by atoms with Crippen molar-refractivity contribution in [1.82, 2.24) is 5.16 Å². The second-order valence-electron chi connectivity index (χ2n) is 5.56. The van der Waals surface area contributed by atoms with Crippen LogP contribution >= 0.6 is 0 Å². The average Bonchev–Trinajstić information content (AvgIpc) is 3.06. The van der Waals surface area contributed by atoms with Crippen molar-refractivity contribution in [3.05, 3.63) is 71.5 Å². The Bertz CT molecular complexity index is 1130. The number of nitrogens with one attached hydrogen (secondary N) is 2. The van der Waals surface area contributed by atoms with Crippen molar-refractivity contribution >= 4 is 27.4 Å². The minimum absolute atomic E-state index is 0.0304. The van der Waals surface area contributed by atoms with Crippen LogP contribution in [0.4, 0.5) is 11.5 Å². The van der Waals surface area contributed by atoms with Gasteiger partial charge in [-0.15, -0.1) is 0 Å². The molecule has 0 aliphatic rings. The zero-order chi connectivity index (χ0) is 19.4. The second-order valence-corrected chi connectivity index (χ2v) is 7.25. The van der Waals surface area contributed by atoms with Gasteiger partial charge in [0.15, 0.2) is 5.82 Å². The fourth-order valence-corrected chi connectivity index (χ4v) is 3.26. The number of hydrogen-bond donors (Lipinski definition) is 2. The zero-order valence-corrected chi connectivity index (χ0v) is 14.9. The van der Waals surface area contributed by atoms with Crippen molar-refractivity contribution in [3.63, 3.8) is 0 Å². The van der Waals surface area contributed by atoms with Crippen LogP contribution in [-0.4, -0.2) is 19.5 Å². The Morgan fingerprint density at radius 2 is 1.85 bits per heavy atom. The van der Waals surface area contributed by atoms with Gasteiger partial charge in [-0.2, -0.15) is 5.26 Å². The number of amides is 1. The maximum atomic E-state index is 12.3. The maximum absolute atomic E-state index is 12.3. The van der Waals surface area contributed by atoms with E-state index in [1.54, 1.807) is 31.2 Å². The number of hydrogen-bond acceptors (Lipinski definition) is 6. The van der Waals surface area contributed by atoms with Gasteiger partial charge < -0.3 is 9.84 Å². The zero-order valence-electron chi connectivity index (χ0n) is 14.1. The molecule has 0 saturated heterocycles. The summed E-state index contributed by atoms with van der Waals surface area (Å²) in [7, 11) is -3.86. The molecule has 136 valence electrons. The predicted molar refractivity (Wildman–Crippen MR) is 97.6 cm³/mol. The number of aryl methyl sites for hydroxylation is 1. The molecule has 27 heavy (non-hydrogen) atoms. The van der Waals surface area contributed by atoms with E-state index in [0.29, 0.717) is 17.0 Å². The van der Waals surface area contributed by atoms with Crippen LogP contribution in [0.25, 0.3) is 0 Å². The minimum Gasteiger partial charge on any atom is -0.360 e. The number of para-hydroxylation sites is 1. The lowest BCUT2D eigenvalue weighted by atomic mass is 10.1. The van der Waals surface area contributed by atoms with E-state index >= 15 is 0 Å². The Labute approximate surface area is 155 Å². The molecule has 9 heteroatoms. The van der Waals surface area contributed by atoms with Crippen LogP contribution in [0.15, 0.2) is 64.0 Å². The molecule has 0 radical (unpaired) electrons. The average molecular weight is 382 g/mol. The highest BCUT2D eigenvalue weighted by Gasteiger charge is 2.17. The minimum atomic E-state index is -3.86. The van der Waals surface area contributed by atoms with Gasteiger partial charge in [-0.25, -0.2) is 8.42 Å². The first-order valence-electron chi connectivity index (χ1n) is 7.76. The second kappa shape index (κ2) is 7.31. The molecular weight excluding hydrogens is 368 g/mol. The molecule has 1 amide bonds. The van der Waals surface area contributed by atoms with Crippen molar-refractivity contribution in [2.45, 2.75) is 11.8 Å². The molecule has 1 heterocycles. The van der Waals surface area contributed by atoms with Crippen LogP contribution < -0.4 is 10.0 Å². The van der Waals surface area contributed by atoms with E-state index in [2.05, 4.69) is 15.2 Å². The van der Waals surface area contributed by atoms with E-state index in [1.807, 2.05) is 6.07 Å². The highest BCUT2D eigenvalue weighted by atomic mass is 32.2. The van der Waals surface area contributed by atoms with Crippen LogP contribution in [-0.2, 0) is 10.0 Å². The third kappa shape index (κ3) is 4.13. The van der Waals surface area contributed by atoms with Gasteiger partial charge in [0.2, 0.25) is 0 Å². The van der Waals surface area contributed by atoms with E-state index in [4.69, 9.17) is 9.78 Å². The molecule has 0 fully saturated rings. The molecule has 2 aromatic carbocycles. The number of benzene rings is 2. The molecule has 3 aromatic rings. The Kier molecular flexibility index (Phi) is 4.92. The first-order chi connectivity index (χ1) is 12.9. The summed E-state index contributed by atoms with van der Waals surface area (Å²) in [6, 6.07) is 15.4. The highest BCUT2D eigenvalue weighted by molar-refractivity contribution is 7.92. The van der Waals surface area contributed by atoms with Crippen LogP contribution in [0.1, 0.15) is 21.7 Å². The van der Waals surface area contributed by atoms with Gasteiger partial charge in [-0.1, -0.05) is 17.3 Å². The number of sulfonamides is 1. The number of carbonyl (C=O) groups excluding carboxylic acids is 1. The molecule has 8 nitrogen and oxygen atoms in total. The molecule has 2 N–H and O–H groups in total. The molecule has 0 unspecified atom stereocenters. The summed E-state index contributed by atoms with van der Waals surface area (Å²) in [5, 5.41) is 15.3. The normalized spacial score (nSPS) is 10.8. The number of nitriles is 1. The first kappa shape index (κ1) is 18.2. The number of anilines is 2. The van der Waals surface area contributed by atoms with E-state index in [1.165, 1.54) is 30.3 Å². The van der Waals surface area contributed by atoms with Gasteiger partial charge in [-0.05, 0) is 43.3 Å². The molecule has 0 aliphatic heterocycles. The number of aromatic nitrogens is 1. The van der Waals surface area contributed by atoms with Gasteiger partial charge in [0.05, 0.1) is 16.1 Å². The van der Waals surface area contributed by atoms with Gasteiger partial charge in [0, 0.05) is 11.6 Å². The van der Waals surface area contributed by atoms with Gasteiger partial charge in [-0.3, -0.25) is 9.52 Å². The summed E-state index contributed by atoms with van der Waals surface area (Å²) >= 11 is 0. The van der Waals surface area contributed by atoms with Crippen molar-refractivity contribution in [2.75, 3.05) is 10.0 Å². The largest absolute Gasteiger partial charge is 0.360 e. The topological polar surface area (TPSA) is 125 Å². The van der Waals surface area contributed by atoms with E-state index in [0.717, 1.165) is 0 Å². The van der Waals surface area contributed by atoms with Crippen molar-refractivity contribution in [1.29, 1.82) is 5.26 Å². The monoisotopic (exact) mass is 382 g/mol. The van der Waals surface area contributed by atoms with Crippen molar-refractivity contribution in [3.8, 4) is 6.07 Å². The van der Waals surface area contributed by atoms with Crippen LogP contribution in [0.2, 0.25) is 0 Å². The quantitative estimate of drug-likeness (QED) is 0.699. The van der Waals surface area contributed by atoms with E-state index < -0.39 is 15.9 Å². The number of rotatable bonds is 5. The summed E-state index contributed by atoms with van der Waals surface area (Å²) in [6.45, 7) is 1.64. The Hall–Kier alpha value is -3.64. The highest BCUT2D eigenvalue weighted by Crippen LogP contribution is 2.18. The summed E-state index contributed by atoms with van der Waals surface area (Å²) in [5.41, 5.74) is 0.959. The third-order valence-corrected chi connectivity index (χ3v) is 4.96. The fourth-order valence-electron chi connectivity index (χ4n) is 2.28. The number of carbonyl (C=O) groups is 1. The molecule has 0 saturated carbocycles. The lowest BCUT2D eigenvalue weighted by molar-refractivity contribution is 0.102. The number of nitrogens with zero attached hydrogens (tertiary/aromatic N) is 2. The summed E-state index contributed by atoms with van der Waals surface area (Å²) in [4.78, 5) is 12.3. The molecule has 0 aliphatic carbocycles. The Morgan fingerprint density at radius 3 is 2.48 bits per heavy atom. The SMILES string of the molecule is Cc1cc(NS(=O)(=O)c2ccc(C(=O)Nc3ccccc3C#N)cc2)no1. The summed E-state index contributed by atoms with van der Waals surface area (Å²) in [5.74, 6) is 0.0848. The van der Waals surface area contributed by atoms with Crippen LogP contribution in [0, 0.1) is 18.3 Å². The van der Waals surface area contributed by atoms with Crippen LogP contribution in [0.5, 0.6) is 0 Å². The Balaban J connectivity index is 1.76. The van der Waals surface area contributed by atoms with Gasteiger partial charge in [0.25, 0.3) is 15.9 Å². The van der Waals surface area contributed by atoms with E-state index in [9.17, 15) is 13.2 Å². The Morgan fingerprint density at radius 1 is 1.15 bits per heavy atom. The standard InChI is InChI=1S/C18H14N4O4S/c1-12-10-17(21-26-12)22-27(24,25)15-8-6-13(7-9-15)18(23)20-16-5-3-2-4-14(16)11-19/h2-10H,1H3,(H,20,23)(H,21,22). The lowest BCUT2D eigenvalue weighted by Gasteiger charge is -2.08. The molecule has 1 aromatic heterocycles. The van der Waals surface area contributed by atoms with Gasteiger partial charge in [0.1, 0.15) is 11.8 Å². The van der Waals surface area contributed by atoms with Crippen LogP contribution in [0.3, 0.4) is 0 Å². The molecule has 0 bridgehead atoms. The molecular formula is C18H14N4O4S. The summed E-state index contributed by atoms with van der Waals surface area (Å²) < 4.78 is 31.8. The molecule has 0 spiro atoms. The summed E-state index contributed by atoms with van der Waals surface area (Å²) in [6.07, 6.45) is 0. The van der Waals surface area contributed by atoms with Crippen molar-refractivity contribution in [2.24, 2.45) is 0 Å². The fraction of sp³-hybridized carbons (Fsp3) is 0.0556. The molecule has 0 atom stereocenters. The van der Waals surface area contributed by atoms with Crippen molar-refractivity contribution < 1.29 is 17.7 Å². The lowest BCUT2D eigenvalue weighted by Crippen LogP contribution is -2.15. The maximum Gasteiger partial charge on any atom is 0.263 e. The third-order valence-electron chi connectivity index (χ3n) is 3.59. The predicted octanol–water partition coefficient (Wildman–Crippen LogP) is 2.91. The first-order valence-corrected chi connectivity index (χ1v) is 9.24. The molecule has 3 rings (SSSR count). The van der Waals surface area contributed by atoms with Gasteiger partial charge >= 0.3 is 0 Å².